The number of hydrogen-bond donors (Lipinski definition) is 0. The van der Waals surface area contributed by atoms with Crippen molar-refractivity contribution in [3.05, 3.63) is 40.3 Å². The molecule has 0 amide bonds. The summed E-state index contributed by atoms with van der Waals surface area (Å²) in [5, 5.41) is 4.72. The van der Waals surface area contributed by atoms with E-state index in [0.717, 1.165) is 4.68 Å². The van der Waals surface area contributed by atoms with Crippen molar-refractivity contribution in [2.24, 2.45) is 7.05 Å². The first kappa shape index (κ1) is 13.3. The highest BCUT2D eigenvalue weighted by molar-refractivity contribution is 6.02. The number of fused-ring (bicyclic) bond motifs is 1. The molecule has 0 saturated carbocycles. The Balaban J connectivity index is 2.04. The summed E-state index contributed by atoms with van der Waals surface area (Å²) in [6.45, 7) is 0.234. The summed E-state index contributed by atoms with van der Waals surface area (Å²) in [5.41, 5.74) is -0.296. The zero-order chi connectivity index (χ0) is 15.0. The lowest BCUT2D eigenvalue weighted by molar-refractivity contribution is -0.145. The van der Waals surface area contributed by atoms with Gasteiger partial charge in [0, 0.05) is 18.9 Å². The Morgan fingerprint density at radius 3 is 2.71 bits per heavy atom. The van der Waals surface area contributed by atoms with Gasteiger partial charge in [-0.15, -0.1) is 0 Å². The van der Waals surface area contributed by atoms with Crippen molar-refractivity contribution in [1.29, 1.82) is 0 Å². The predicted octanol–water partition coefficient (Wildman–Crippen LogP) is 0.406. The molecule has 1 unspecified atom stereocenters. The van der Waals surface area contributed by atoms with Gasteiger partial charge in [0.25, 0.3) is 5.56 Å². The van der Waals surface area contributed by atoms with Crippen LogP contribution in [0.2, 0.25) is 0 Å². The number of benzene rings is 1. The molecule has 0 N–H and O–H groups in total. The number of nitrogens with zero attached hydrogens (tertiary/aromatic N) is 2. The van der Waals surface area contributed by atoms with Crippen LogP contribution in [0, 0.1) is 0 Å². The van der Waals surface area contributed by atoms with E-state index in [1.807, 2.05) is 0 Å². The van der Waals surface area contributed by atoms with Gasteiger partial charge in [-0.2, -0.15) is 5.10 Å². The van der Waals surface area contributed by atoms with Gasteiger partial charge in [-0.3, -0.25) is 4.79 Å². The number of carbonyl (C=O) groups excluding carboxylic acids is 2. The van der Waals surface area contributed by atoms with Crippen molar-refractivity contribution < 1.29 is 19.1 Å². The predicted molar refractivity (Wildman–Crippen MR) is 71.8 cm³/mol. The summed E-state index contributed by atoms with van der Waals surface area (Å²) in [5.74, 6) is -1.30. The third-order valence-electron chi connectivity index (χ3n) is 3.29. The van der Waals surface area contributed by atoms with Crippen molar-refractivity contribution in [2.75, 3.05) is 6.61 Å². The molecule has 0 radical (unpaired) electrons. The molecule has 1 aliphatic rings. The summed E-state index contributed by atoms with van der Waals surface area (Å²) in [6.07, 6.45) is -0.579. The first-order chi connectivity index (χ1) is 10.1. The summed E-state index contributed by atoms with van der Waals surface area (Å²) in [6, 6.07) is 6.63. The summed E-state index contributed by atoms with van der Waals surface area (Å²) in [4.78, 5) is 35.5. The van der Waals surface area contributed by atoms with Crippen LogP contribution in [0.15, 0.2) is 29.1 Å². The van der Waals surface area contributed by atoms with Gasteiger partial charge in [0.1, 0.15) is 0 Å². The molecule has 7 heteroatoms. The number of aromatic nitrogens is 2. The average molecular weight is 288 g/mol. The molecule has 0 spiro atoms. The van der Waals surface area contributed by atoms with E-state index >= 15 is 0 Å². The molecule has 2 heterocycles. The van der Waals surface area contributed by atoms with Gasteiger partial charge in [0.05, 0.1) is 12.0 Å². The average Bonchev–Trinajstić information content (AvgIpc) is 2.88. The van der Waals surface area contributed by atoms with Crippen molar-refractivity contribution in [1.82, 2.24) is 9.78 Å². The quantitative estimate of drug-likeness (QED) is 0.744. The molecule has 0 bridgehead atoms. The van der Waals surface area contributed by atoms with Crippen LogP contribution in [-0.2, 0) is 21.3 Å². The molecular formula is C14H12N2O5. The fraction of sp³-hybridized carbons (Fsp3) is 0.286. The van der Waals surface area contributed by atoms with Crippen LogP contribution in [0.5, 0.6) is 0 Å². The smallest absolute Gasteiger partial charge is 0.360 e. The summed E-state index contributed by atoms with van der Waals surface area (Å²) < 4.78 is 10.9. The van der Waals surface area contributed by atoms with Gasteiger partial charge < -0.3 is 9.47 Å². The van der Waals surface area contributed by atoms with Crippen molar-refractivity contribution in [2.45, 2.75) is 12.5 Å². The Labute approximate surface area is 119 Å². The lowest BCUT2D eigenvalue weighted by Crippen LogP contribution is -2.27. The summed E-state index contributed by atoms with van der Waals surface area (Å²) >= 11 is 0. The fourth-order valence-electron chi connectivity index (χ4n) is 2.22. The maximum absolute atomic E-state index is 12.2. The zero-order valence-corrected chi connectivity index (χ0v) is 11.2. The number of cyclic esters (lactones) is 1. The molecule has 7 nitrogen and oxygen atoms in total. The van der Waals surface area contributed by atoms with Crippen LogP contribution in [0.3, 0.4) is 0 Å². The number of esters is 2. The van der Waals surface area contributed by atoms with Crippen LogP contribution in [-0.4, -0.2) is 34.4 Å². The fourth-order valence-corrected chi connectivity index (χ4v) is 2.22. The molecule has 2 aromatic rings. The number of carbonyl (C=O) groups is 2. The molecule has 1 fully saturated rings. The monoisotopic (exact) mass is 288 g/mol. The van der Waals surface area contributed by atoms with Crippen molar-refractivity contribution in [3.63, 3.8) is 0 Å². The Morgan fingerprint density at radius 1 is 1.33 bits per heavy atom. The van der Waals surface area contributed by atoms with Crippen LogP contribution in [0.25, 0.3) is 10.8 Å². The van der Waals surface area contributed by atoms with E-state index in [1.54, 1.807) is 24.3 Å². The molecule has 1 aliphatic heterocycles. The molecule has 108 valence electrons. The van der Waals surface area contributed by atoms with Gasteiger partial charge in [-0.25, -0.2) is 14.3 Å². The maximum Gasteiger partial charge on any atom is 0.360 e. The van der Waals surface area contributed by atoms with Gasteiger partial charge in [-0.05, 0) is 6.07 Å². The second kappa shape index (κ2) is 5.01. The second-order valence-corrected chi connectivity index (χ2v) is 4.67. The molecule has 1 aromatic heterocycles. The standard InChI is InChI=1S/C14H12N2O5/c1-16-12(17)9-5-3-2-4-8(9)11(15-16)14(19)21-10-6-7-20-13(10)18/h2-5,10H,6-7H2,1H3. The van der Waals surface area contributed by atoms with E-state index in [4.69, 9.17) is 9.47 Å². The van der Waals surface area contributed by atoms with E-state index in [-0.39, 0.29) is 17.9 Å². The third-order valence-corrected chi connectivity index (χ3v) is 3.29. The van der Waals surface area contributed by atoms with Crippen LogP contribution < -0.4 is 5.56 Å². The van der Waals surface area contributed by atoms with E-state index in [0.29, 0.717) is 17.2 Å². The number of ether oxygens (including phenoxy) is 2. The molecule has 1 atom stereocenters. The molecular weight excluding hydrogens is 276 g/mol. The second-order valence-electron chi connectivity index (χ2n) is 4.67. The van der Waals surface area contributed by atoms with Gasteiger partial charge in [-0.1, -0.05) is 18.2 Å². The minimum atomic E-state index is -0.907. The van der Waals surface area contributed by atoms with Crippen molar-refractivity contribution >= 4 is 22.7 Å². The molecule has 1 saturated heterocycles. The minimum absolute atomic E-state index is 0.00685. The summed E-state index contributed by atoms with van der Waals surface area (Å²) in [7, 11) is 1.45. The van der Waals surface area contributed by atoms with Crippen LogP contribution in [0.4, 0.5) is 0 Å². The first-order valence-electron chi connectivity index (χ1n) is 6.41. The Morgan fingerprint density at radius 2 is 2.05 bits per heavy atom. The van der Waals surface area contributed by atoms with E-state index < -0.39 is 18.0 Å². The topological polar surface area (TPSA) is 87.5 Å². The van der Waals surface area contributed by atoms with Crippen molar-refractivity contribution in [3.8, 4) is 0 Å². The van der Waals surface area contributed by atoms with E-state index in [1.165, 1.54) is 7.05 Å². The minimum Gasteiger partial charge on any atom is -0.463 e. The number of hydrogen-bond acceptors (Lipinski definition) is 6. The SMILES string of the molecule is Cn1nc(C(=O)OC2CCOC2=O)c2ccccc2c1=O. The van der Waals surface area contributed by atoms with E-state index in [9.17, 15) is 14.4 Å². The molecule has 1 aromatic carbocycles. The maximum atomic E-state index is 12.2. The molecule has 0 aliphatic carbocycles. The van der Waals surface area contributed by atoms with Crippen LogP contribution >= 0.6 is 0 Å². The van der Waals surface area contributed by atoms with Gasteiger partial charge >= 0.3 is 11.9 Å². The van der Waals surface area contributed by atoms with E-state index in [2.05, 4.69) is 5.10 Å². The normalized spacial score (nSPS) is 17.8. The largest absolute Gasteiger partial charge is 0.463 e. The first-order valence-corrected chi connectivity index (χ1v) is 6.41. The highest BCUT2D eigenvalue weighted by atomic mass is 16.6. The third kappa shape index (κ3) is 2.26. The van der Waals surface area contributed by atoms with Gasteiger partial charge in [0.15, 0.2) is 5.69 Å². The Kier molecular flexibility index (Phi) is 3.17. The lowest BCUT2D eigenvalue weighted by atomic mass is 10.1. The number of aryl methyl sites for hydroxylation is 1. The zero-order valence-electron chi connectivity index (χ0n) is 11.2. The Bertz CT molecular complexity index is 796. The Hall–Kier alpha value is -2.70. The molecule has 3 rings (SSSR count). The highest BCUT2D eigenvalue weighted by Gasteiger charge is 2.31. The van der Waals surface area contributed by atoms with Crippen LogP contribution in [0.1, 0.15) is 16.9 Å². The highest BCUT2D eigenvalue weighted by Crippen LogP contribution is 2.17. The lowest BCUT2D eigenvalue weighted by Gasteiger charge is -2.10. The van der Waals surface area contributed by atoms with Gasteiger partial charge in [0.2, 0.25) is 6.10 Å². The number of rotatable bonds is 2. The molecule has 21 heavy (non-hydrogen) atoms.